The van der Waals surface area contributed by atoms with Crippen molar-refractivity contribution in [2.24, 2.45) is 0 Å². The van der Waals surface area contributed by atoms with Crippen LogP contribution in [0.2, 0.25) is 0 Å². The van der Waals surface area contributed by atoms with Crippen molar-refractivity contribution >= 4 is 27.3 Å². The zero-order valence-corrected chi connectivity index (χ0v) is 12.8. The van der Waals surface area contributed by atoms with Gasteiger partial charge in [0.2, 0.25) is 0 Å². The highest BCUT2D eigenvalue weighted by Gasteiger charge is 2.05. The standard InChI is InChI=1S/C14H13BrN2OS/c1-18-14-3-2-10(6-16)4-11(14)7-17-8-13-5-12(15)9-19-13/h2-5,9,17H,7-8H2,1H3. The predicted octanol–water partition coefficient (Wildman–Crippen LogP) is 3.68. The van der Waals surface area contributed by atoms with E-state index in [-0.39, 0.29) is 0 Å². The zero-order chi connectivity index (χ0) is 13.7. The van der Waals surface area contributed by atoms with E-state index < -0.39 is 0 Å². The normalized spacial score (nSPS) is 10.2. The number of hydrogen-bond acceptors (Lipinski definition) is 4. The van der Waals surface area contributed by atoms with E-state index >= 15 is 0 Å². The molecule has 0 atom stereocenters. The fourth-order valence-corrected chi connectivity index (χ4v) is 3.17. The largest absolute Gasteiger partial charge is 0.496 e. The SMILES string of the molecule is COc1ccc(C#N)cc1CNCc1cc(Br)cs1. The molecule has 0 radical (unpaired) electrons. The van der Waals surface area contributed by atoms with Crippen LogP contribution < -0.4 is 10.1 Å². The van der Waals surface area contributed by atoms with Gasteiger partial charge in [0.25, 0.3) is 0 Å². The second-order valence-electron chi connectivity index (χ2n) is 3.97. The number of thiophene rings is 1. The molecule has 0 aliphatic heterocycles. The Balaban J connectivity index is 2.00. The van der Waals surface area contributed by atoms with Crippen molar-refractivity contribution in [2.75, 3.05) is 7.11 Å². The quantitative estimate of drug-likeness (QED) is 0.905. The first-order chi connectivity index (χ1) is 9.22. The smallest absolute Gasteiger partial charge is 0.123 e. The molecule has 2 rings (SSSR count). The Labute approximate surface area is 125 Å². The minimum absolute atomic E-state index is 0.650. The summed E-state index contributed by atoms with van der Waals surface area (Å²) in [6.45, 7) is 1.48. The minimum Gasteiger partial charge on any atom is -0.496 e. The van der Waals surface area contributed by atoms with Crippen LogP contribution >= 0.6 is 27.3 Å². The molecule has 0 saturated heterocycles. The van der Waals surface area contributed by atoms with E-state index in [4.69, 9.17) is 10.00 Å². The highest BCUT2D eigenvalue weighted by atomic mass is 79.9. The van der Waals surface area contributed by atoms with Crippen molar-refractivity contribution in [3.8, 4) is 11.8 Å². The molecule has 0 aliphatic rings. The Morgan fingerprint density at radius 2 is 2.21 bits per heavy atom. The first kappa shape index (κ1) is 14.1. The van der Waals surface area contributed by atoms with Crippen LogP contribution in [-0.4, -0.2) is 7.11 Å². The van der Waals surface area contributed by atoms with Crippen LogP contribution in [0.3, 0.4) is 0 Å². The lowest BCUT2D eigenvalue weighted by atomic mass is 10.1. The molecule has 1 aromatic heterocycles. The number of nitriles is 1. The molecule has 0 amide bonds. The third kappa shape index (κ3) is 3.80. The van der Waals surface area contributed by atoms with Gasteiger partial charge in [0.05, 0.1) is 18.7 Å². The number of hydrogen-bond donors (Lipinski definition) is 1. The molecule has 0 aliphatic carbocycles. The lowest BCUT2D eigenvalue weighted by Gasteiger charge is -2.09. The average molecular weight is 337 g/mol. The molecule has 1 heterocycles. The second-order valence-corrected chi connectivity index (χ2v) is 5.88. The van der Waals surface area contributed by atoms with Gasteiger partial charge in [-0.2, -0.15) is 5.26 Å². The molecular formula is C14H13BrN2OS. The summed E-state index contributed by atoms with van der Waals surface area (Å²) in [5, 5.41) is 14.3. The molecular weight excluding hydrogens is 324 g/mol. The van der Waals surface area contributed by atoms with Crippen LogP contribution in [0.1, 0.15) is 16.0 Å². The van der Waals surface area contributed by atoms with Crippen LogP contribution in [0.15, 0.2) is 34.1 Å². The molecule has 3 nitrogen and oxygen atoms in total. The molecule has 1 N–H and O–H groups in total. The Kier molecular flexibility index (Phi) is 4.97. The van der Waals surface area contributed by atoms with Crippen molar-refractivity contribution < 1.29 is 4.74 Å². The monoisotopic (exact) mass is 336 g/mol. The van der Waals surface area contributed by atoms with E-state index in [1.165, 1.54) is 4.88 Å². The third-order valence-corrected chi connectivity index (χ3v) is 4.34. The summed E-state index contributed by atoms with van der Waals surface area (Å²) in [5.74, 6) is 0.805. The number of methoxy groups -OCH3 is 1. The maximum Gasteiger partial charge on any atom is 0.123 e. The van der Waals surface area contributed by atoms with Gasteiger partial charge in [0.1, 0.15) is 5.75 Å². The minimum atomic E-state index is 0.650. The van der Waals surface area contributed by atoms with Crippen molar-refractivity contribution in [2.45, 2.75) is 13.1 Å². The first-order valence-corrected chi connectivity index (χ1v) is 7.41. The zero-order valence-electron chi connectivity index (χ0n) is 10.4. The summed E-state index contributed by atoms with van der Waals surface area (Å²) < 4.78 is 6.41. The molecule has 1 aromatic carbocycles. The maximum absolute atomic E-state index is 8.92. The molecule has 2 aromatic rings. The van der Waals surface area contributed by atoms with Gasteiger partial charge < -0.3 is 10.1 Å². The molecule has 0 saturated carbocycles. The maximum atomic E-state index is 8.92. The molecule has 98 valence electrons. The van der Waals surface area contributed by atoms with E-state index in [2.05, 4.69) is 38.8 Å². The summed E-state index contributed by atoms with van der Waals surface area (Å²) >= 11 is 5.15. The highest BCUT2D eigenvalue weighted by molar-refractivity contribution is 9.10. The fraction of sp³-hybridized carbons (Fsp3) is 0.214. The van der Waals surface area contributed by atoms with Gasteiger partial charge in [0.15, 0.2) is 0 Å². The van der Waals surface area contributed by atoms with Crippen LogP contribution in [0, 0.1) is 11.3 Å². The summed E-state index contributed by atoms with van der Waals surface area (Å²) in [7, 11) is 1.64. The molecule has 5 heteroatoms. The number of benzene rings is 1. The van der Waals surface area contributed by atoms with Gasteiger partial charge in [-0.1, -0.05) is 0 Å². The van der Waals surface area contributed by atoms with Crippen molar-refractivity contribution in [3.63, 3.8) is 0 Å². The Morgan fingerprint density at radius 1 is 1.37 bits per heavy atom. The second kappa shape index (κ2) is 6.71. The van der Waals surface area contributed by atoms with Gasteiger partial charge in [-0.3, -0.25) is 0 Å². The number of nitrogens with zero attached hydrogens (tertiary/aromatic N) is 1. The lowest BCUT2D eigenvalue weighted by molar-refractivity contribution is 0.407. The Bertz CT molecular complexity index is 604. The molecule has 19 heavy (non-hydrogen) atoms. The van der Waals surface area contributed by atoms with E-state index in [0.29, 0.717) is 12.1 Å². The number of halogens is 1. The summed E-state index contributed by atoms with van der Waals surface area (Å²) in [5.41, 5.74) is 1.65. The van der Waals surface area contributed by atoms with Crippen LogP contribution in [0.4, 0.5) is 0 Å². The van der Waals surface area contributed by atoms with Gasteiger partial charge >= 0.3 is 0 Å². The fourth-order valence-electron chi connectivity index (χ4n) is 1.75. The topological polar surface area (TPSA) is 45.0 Å². The van der Waals surface area contributed by atoms with Crippen LogP contribution in [0.25, 0.3) is 0 Å². The number of nitrogens with one attached hydrogen (secondary N) is 1. The van der Waals surface area contributed by atoms with Gasteiger partial charge in [-0.15, -0.1) is 11.3 Å². The molecule has 0 unspecified atom stereocenters. The van der Waals surface area contributed by atoms with E-state index in [9.17, 15) is 0 Å². The Morgan fingerprint density at radius 3 is 2.84 bits per heavy atom. The first-order valence-electron chi connectivity index (χ1n) is 5.73. The molecule has 0 fully saturated rings. The summed E-state index contributed by atoms with van der Waals surface area (Å²) in [6.07, 6.45) is 0. The predicted molar refractivity (Wildman–Crippen MR) is 80.3 cm³/mol. The number of rotatable bonds is 5. The molecule has 0 spiro atoms. The van der Waals surface area contributed by atoms with E-state index in [0.717, 1.165) is 22.3 Å². The van der Waals surface area contributed by atoms with E-state index in [1.54, 1.807) is 24.5 Å². The van der Waals surface area contributed by atoms with Gasteiger partial charge in [-0.25, -0.2) is 0 Å². The highest BCUT2D eigenvalue weighted by Crippen LogP contribution is 2.21. The Hall–Kier alpha value is -1.35. The van der Waals surface area contributed by atoms with E-state index in [1.807, 2.05) is 12.1 Å². The van der Waals surface area contributed by atoms with Crippen molar-refractivity contribution in [3.05, 3.63) is 50.1 Å². The molecule has 0 bridgehead atoms. The summed E-state index contributed by atoms with van der Waals surface area (Å²) in [4.78, 5) is 1.27. The van der Waals surface area contributed by atoms with Crippen molar-refractivity contribution in [1.82, 2.24) is 5.32 Å². The average Bonchev–Trinajstić information content (AvgIpc) is 2.84. The van der Waals surface area contributed by atoms with Crippen molar-refractivity contribution in [1.29, 1.82) is 5.26 Å². The van der Waals surface area contributed by atoms with Crippen LogP contribution in [-0.2, 0) is 13.1 Å². The lowest BCUT2D eigenvalue weighted by Crippen LogP contribution is -2.12. The van der Waals surface area contributed by atoms with Gasteiger partial charge in [-0.05, 0) is 40.2 Å². The summed E-state index contributed by atoms with van der Waals surface area (Å²) in [6, 6.07) is 9.69. The van der Waals surface area contributed by atoms with Crippen LogP contribution in [0.5, 0.6) is 5.75 Å². The number of ether oxygens (including phenoxy) is 1. The third-order valence-electron chi connectivity index (χ3n) is 2.65. The van der Waals surface area contributed by atoms with Gasteiger partial charge in [0, 0.05) is 33.4 Å².